The van der Waals surface area contributed by atoms with Gasteiger partial charge in [0.05, 0.1) is 19.2 Å². The Morgan fingerprint density at radius 2 is 1.69 bits per heavy atom. The fourth-order valence-corrected chi connectivity index (χ4v) is 3.82. The standard InChI is InChI=1S/C27H22N6O2/c1-35-24-10-6-5-9-22(24)27-23(31-32-33(27)21-13-15-28-16-14-21)17-26(34)30-25-12-11-20(18-29-25)19-7-3-2-4-8-19/h2-16,18H,17H2,1H3,(H,29,30,34). The Labute approximate surface area is 202 Å². The highest BCUT2D eigenvalue weighted by Crippen LogP contribution is 2.33. The molecule has 0 atom stereocenters. The number of rotatable bonds is 7. The van der Waals surface area contributed by atoms with E-state index in [0.29, 0.717) is 23.0 Å². The Morgan fingerprint density at radius 3 is 2.43 bits per heavy atom. The third kappa shape index (κ3) is 4.77. The number of benzene rings is 2. The molecule has 2 aromatic carbocycles. The van der Waals surface area contributed by atoms with Gasteiger partial charge in [0, 0.05) is 29.7 Å². The molecule has 0 fully saturated rings. The minimum atomic E-state index is -0.247. The minimum absolute atomic E-state index is 0.0145. The lowest BCUT2D eigenvalue weighted by Crippen LogP contribution is -2.16. The van der Waals surface area contributed by atoms with E-state index in [-0.39, 0.29) is 12.3 Å². The predicted octanol–water partition coefficient (Wildman–Crippen LogP) is 4.58. The first kappa shape index (κ1) is 22.0. The van der Waals surface area contributed by atoms with E-state index >= 15 is 0 Å². The first-order valence-electron chi connectivity index (χ1n) is 11.0. The van der Waals surface area contributed by atoms with Gasteiger partial charge in [0.15, 0.2) is 0 Å². The zero-order valence-corrected chi connectivity index (χ0v) is 19.0. The molecule has 0 unspecified atom stereocenters. The van der Waals surface area contributed by atoms with Crippen LogP contribution in [0.25, 0.3) is 28.1 Å². The number of nitrogens with zero attached hydrogens (tertiary/aromatic N) is 5. The first-order valence-corrected chi connectivity index (χ1v) is 11.0. The summed E-state index contributed by atoms with van der Waals surface area (Å²) in [7, 11) is 1.61. The van der Waals surface area contributed by atoms with Crippen molar-refractivity contribution in [3.05, 3.63) is 103 Å². The van der Waals surface area contributed by atoms with E-state index in [1.54, 1.807) is 36.4 Å². The Bertz CT molecular complexity index is 1430. The highest BCUT2D eigenvalue weighted by atomic mass is 16.5. The zero-order chi connectivity index (χ0) is 24.0. The summed E-state index contributed by atoms with van der Waals surface area (Å²) in [6.45, 7) is 0. The van der Waals surface area contributed by atoms with E-state index in [2.05, 4.69) is 25.6 Å². The molecule has 0 radical (unpaired) electrons. The molecule has 3 aromatic heterocycles. The molecule has 8 heteroatoms. The number of methoxy groups -OCH3 is 1. The number of carbonyl (C=O) groups is 1. The van der Waals surface area contributed by atoms with Gasteiger partial charge in [0.25, 0.3) is 0 Å². The van der Waals surface area contributed by atoms with Crippen LogP contribution >= 0.6 is 0 Å². The summed E-state index contributed by atoms with van der Waals surface area (Å²) in [6, 6.07) is 24.9. The second-order valence-corrected chi connectivity index (χ2v) is 7.73. The van der Waals surface area contributed by atoms with Gasteiger partial charge in [0.2, 0.25) is 5.91 Å². The lowest BCUT2D eigenvalue weighted by molar-refractivity contribution is -0.115. The van der Waals surface area contributed by atoms with Crippen molar-refractivity contribution in [2.24, 2.45) is 0 Å². The minimum Gasteiger partial charge on any atom is -0.496 e. The first-order chi connectivity index (χ1) is 17.2. The summed E-state index contributed by atoms with van der Waals surface area (Å²) < 4.78 is 7.26. The zero-order valence-electron chi connectivity index (χ0n) is 19.0. The van der Waals surface area contributed by atoms with Gasteiger partial charge in [-0.05, 0) is 42.0 Å². The van der Waals surface area contributed by atoms with Crippen molar-refractivity contribution in [3.8, 4) is 33.8 Å². The molecule has 172 valence electrons. The third-order valence-corrected chi connectivity index (χ3v) is 5.48. The van der Waals surface area contributed by atoms with Crippen LogP contribution < -0.4 is 10.1 Å². The Kier molecular flexibility index (Phi) is 6.25. The Hall–Kier alpha value is -4.85. The molecule has 0 saturated heterocycles. The molecule has 0 saturated carbocycles. The van der Waals surface area contributed by atoms with E-state index in [9.17, 15) is 4.79 Å². The number of hydrogen-bond donors (Lipinski definition) is 1. The van der Waals surface area contributed by atoms with E-state index in [4.69, 9.17) is 4.74 Å². The molecule has 0 aliphatic rings. The van der Waals surface area contributed by atoms with Crippen molar-refractivity contribution in [1.82, 2.24) is 25.0 Å². The van der Waals surface area contributed by atoms with Gasteiger partial charge in [-0.15, -0.1) is 5.10 Å². The molecule has 1 N–H and O–H groups in total. The second-order valence-electron chi connectivity index (χ2n) is 7.73. The van der Waals surface area contributed by atoms with Crippen LogP contribution in [0.2, 0.25) is 0 Å². The van der Waals surface area contributed by atoms with Crippen LogP contribution in [-0.4, -0.2) is 38.0 Å². The molecule has 3 heterocycles. The molecule has 1 amide bonds. The van der Waals surface area contributed by atoms with Crippen molar-refractivity contribution < 1.29 is 9.53 Å². The monoisotopic (exact) mass is 462 g/mol. The normalized spacial score (nSPS) is 10.7. The van der Waals surface area contributed by atoms with Crippen LogP contribution in [0.4, 0.5) is 5.82 Å². The van der Waals surface area contributed by atoms with Gasteiger partial charge in [-0.3, -0.25) is 9.78 Å². The second kappa shape index (κ2) is 9.96. The number of anilines is 1. The molecular weight excluding hydrogens is 440 g/mol. The van der Waals surface area contributed by atoms with Crippen LogP contribution in [0.1, 0.15) is 5.69 Å². The van der Waals surface area contributed by atoms with Gasteiger partial charge in [-0.25, -0.2) is 9.67 Å². The van der Waals surface area contributed by atoms with E-state index in [1.807, 2.05) is 72.8 Å². The largest absolute Gasteiger partial charge is 0.496 e. The van der Waals surface area contributed by atoms with Crippen LogP contribution in [0, 0.1) is 0 Å². The summed E-state index contributed by atoms with van der Waals surface area (Å²) >= 11 is 0. The maximum atomic E-state index is 13.0. The van der Waals surface area contributed by atoms with Gasteiger partial charge < -0.3 is 10.1 Å². The van der Waals surface area contributed by atoms with Crippen molar-refractivity contribution >= 4 is 11.7 Å². The fourth-order valence-electron chi connectivity index (χ4n) is 3.82. The Balaban J connectivity index is 1.42. The van der Waals surface area contributed by atoms with E-state index in [0.717, 1.165) is 22.4 Å². The van der Waals surface area contributed by atoms with E-state index < -0.39 is 0 Å². The summed E-state index contributed by atoms with van der Waals surface area (Å²) in [6.07, 6.45) is 5.12. The van der Waals surface area contributed by atoms with Gasteiger partial charge >= 0.3 is 0 Å². The summed E-state index contributed by atoms with van der Waals surface area (Å²) in [5.41, 5.74) is 4.79. The number of amides is 1. The summed E-state index contributed by atoms with van der Waals surface area (Å²) in [5.74, 6) is 0.878. The maximum absolute atomic E-state index is 13.0. The smallest absolute Gasteiger partial charge is 0.231 e. The highest BCUT2D eigenvalue weighted by Gasteiger charge is 2.21. The number of pyridine rings is 2. The maximum Gasteiger partial charge on any atom is 0.231 e. The van der Waals surface area contributed by atoms with Gasteiger partial charge in [-0.1, -0.05) is 47.7 Å². The Morgan fingerprint density at radius 1 is 0.914 bits per heavy atom. The average Bonchev–Trinajstić information content (AvgIpc) is 3.33. The number of hydrogen-bond acceptors (Lipinski definition) is 6. The number of ether oxygens (including phenoxy) is 1. The summed E-state index contributed by atoms with van der Waals surface area (Å²) in [4.78, 5) is 21.4. The third-order valence-electron chi connectivity index (χ3n) is 5.48. The van der Waals surface area contributed by atoms with Crippen molar-refractivity contribution in [2.45, 2.75) is 6.42 Å². The van der Waals surface area contributed by atoms with Crippen LogP contribution in [0.15, 0.2) is 97.5 Å². The van der Waals surface area contributed by atoms with Crippen LogP contribution in [0.3, 0.4) is 0 Å². The molecule has 0 bridgehead atoms. The lowest BCUT2D eigenvalue weighted by Gasteiger charge is -2.12. The topological polar surface area (TPSA) is 94.8 Å². The molecule has 35 heavy (non-hydrogen) atoms. The van der Waals surface area contributed by atoms with Crippen molar-refractivity contribution in [1.29, 1.82) is 0 Å². The molecular formula is C27H22N6O2. The molecule has 8 nitrogen and oxygen atoms in total. The number of para-hydroxylation sites is 1. The molecule has 5 rings (SSSR count). The predicted molar refractivity (Wildman–Crippen MR) is 133 cm³/mol. The van der Waals surface area contributed by atoms with Gasteiger partial charge in [-0.2, -0.15) is 0 Å². The van der Waals surface area contributed by atoms with Gasteiger partial charge in [0.1, 0.15) is 23.0 Å². The van der Waals surface area contributed by atoms with Crippen molar-refractivity contribution in [2.75, 3.05) is 12.4 Å². The quantitative estimate of drug-likeness (QED) is 0.380. The molecule has 0 aliphatic heterocycles. The van der Waals surface area contributed by atoms with Crippen LogP contribution in [-0.2, 0) is 11.2 Å². The molecule has 0 aliphatic carbocycles. The van der Waals surface area contributed by atoms with Crippen LogP contribution in [0.5, 0.6) is 5.75 Å². The molecule has 5 aromatic rings. The summed E-state index contributed by atoms with van der Waals surface area (Å²) in [5, 5.41) is 11.5. The van der Waals surface area contributed by atoms with Crippen molar-refractivity contribution in [3.63, 3.8) is 0 Å². The number of carbonyl (C=O) groups excluding carboxylic acids is 1. The number of nitrogens with one attached hydrogen (secondary N) is 1. The molecule has 0 spiro atoms. The highest BCUT2D eigenvalue weighted by molar-refractivity contribution is 5.92. The number of aromatic nitrogens is 5. The SMILES string of the molecule is COc1ccccc1-c1c(CC(=O)Nc2ccc(-c3ccccc3)cn2)nnn1-c1ccncc1. The fraction of sp³-hybridized carbons (Fsp3) is 0.0741. The lowest BCUT2D eigenvalue weighted by atomic mass is 10.1. The average molecular weight is 463 g/mol. The van der Waals surface area contributed by atoms with E-state index in [1.165, 1.54) is 0 Å².